The first-order valence-corrected chi connectivity index (χ1v) is 5.44. The molecule has 14 heavy (non-hydrogen) atoms. The minimum atomic E-state index is 0.727. The van der Waals surface area contributed by atoms with Gasteiger partial charge >= 0.3 is 0 Å². The summed E-state index contributed by atoms with van der Waals surface area (Å²) in [5.74, 6) is 0.727. The Kier molecular flexibility index (Phi) is 3.04. The number of benzene rings is 1. The van der Waals surface area contributed by atoms with Gasteiger partial charge in [0.1, 0.15) is 0 Å². The van der Waals surface area contributed by atoms with Gasteiger partial charge in [-0.2, -0.15) is 0 Å². The van der Waals surface area contributed by atoms with Crippen LogP contribution in [0.25, 0.3) is 0 Å². The molecule has 1 atom stereocenters. The standard InChI is InChI=1S/C12H18N2/c1-2-14-12-5-3-10(4-6-12)11-7-8-13-9-11/h3-6,11,13-14H,2,7-9H2,1H3. The van der Waals surface area contributed by atoms with Crippen LogP contribution in [0.15, 0.2) is 24.3 Å². The zero-order chi connectivity index (χ0) is 9.80. The van der Waals surface area contributed by atoms with Gasteiger partial charge < -0.3 is 10.6 Å². The van der Waals surface area contributed by atoms with Crippen molar-refractivity contribution in [1.29, 1.82) is 0 Å². The molecule has 2 nitrogen and oxygen atoms in total. The summed E-state index contributed by atoms with van der Waals surface area (Å²) in [6.07, 6.45) is 1.28. The van der Waals surface area contributed by atoms with Crippen molar-refractivity contribution in [2.24, 2.45) is 0 Å². The summed E-state index contributed by atoms with van der Waals surface area (Å²) in [5.41, 5.74) is 2.69. The third kappa shape index (κ3) is 2.07. The predicted octanol–water partition coefficient (Wildman–Crippen LogP) is 2.20. The molecule has 2 N–H and O–H groups in total. The fraction of sp³-hybridized carbons (Fsp3) is 0.500. The molecule has 0 saturated carbocycles. The van der Waals surface area contributed by atoms with E-state index < -0.39 is 0 Å². The van der Waals surface area contributed by atoms with Crippen molar-refractivity contribution in [3.63, 3.8) is 0 Å². The molecule has 2 heteroatoms. The summed E-state index contributed by atoms with van der Waals surface area (Å²) in [6.45, 7) is 5.42. The Labute approximate surface area is 85.7 Å². The topological polar surface area (TPSA) is 24.1 Å². The van der Waals surface area contributed by atoms with E-state index >= 15 is 0 Å². The molecule has 1 saturated heterocycles. The minimum absolute atomic E-state index is 0.727. The van der Waals surface area contributed by atoms with Gasteiger partial charge in [-0.05, 0) is 43.5 Å². The van der Waals surface area contributed by atoms with E-state index in [1.165, 1.54) is 24.2 Å². The molecule has 2 rings (SSSR count). The van der Waals surface area contributed by atoms with Crippen LogP contribution in [-0.4, -0.2) is 19.6 Å². The number of anilines is 1. The first-order valence-electron chi connectivity index (χ1n) is 5.44. The smallest absolute Gasteiger partial charge is 0.0340 e. The van der Waals surface area contributed by atoms with Crippen molar-refractivity contribution in [3.05, 3.63) is 29.8 Å². The van der Waals surface area contributed by atoms with Crippen molar-refractivity contribution in [3.8, 4) is 0 Å². The van der Waals surface area contributed by atoms with E-state index in [2.05, 4.69) is 41.8 Å². The molecule has 1 aliphatic heterocycles. The van der Waals surface area contributed by atoms with Gasteiger partial charge in [0.25, 0.3) is 0 Å². The van der Waals surface area contributed by atoms with Crippen LogP contribution in [0.2, 0.25) is 0 Å². The Morgan fingerprint density at radius 2 is 2.14 bits per heavy atom. The molecule has 0 aromatic heterocycles. The van der Waals surface area contributed by atoms with Gasteiger partial charge in [0.15, 0.2) is 0 Å². The second kappa shape index (κ2) is 4.47. The van der Waals surface area contributed by atoms with Crippen LogP contribution in [0.5, 0.6) is 0 Å². The molecule has 1 aromatic rings. The number of nitrogens with one attached hydrogen (secondary N) is 2. The fourth-order valence-electron chi connectivity index (χ4n) is 2.02. The highest BCUT2D eigenvalue weighted by Gasteiger charge is 2.15. The van der Waals surface area contributed by atoms with Crippen molar-refractivity contribution < 1.29 is 0 Å². The molecule has 1 aliphatic rings. The van der Waals surface area contributed by atoms with Crippen LogP contribution in [0.1, 0.15) is 24.8 Å². The maximum atomic E-state index is 3.39. The molecule has 1 fully saturated rings. The van der Waals surface area contributed by atoms with Gasteiger partial charge in [-0.3, -0.25) is 0 Å². The minimum Gasteiger partial charge on any atom is -0.385 e. The van der Waals surface area contributed by atoms with Gasteiger partial charge in [-0.1, -0.05) is 12.1 Å². The SMILES string of the molecule is CCNc1ccc(C2CCNC2)cc1. The van der Waals surface area contributed by atoms with E-state index in [4.69, 9.17) is 0 Å². The van der Waals surface area contributed by atoms with Crippen molar-refractivity contribution in [1.82, 2.24) is 5.32 Å². The van der Waals surface area contributed by atoms with E-state index in [0.717, 1.165) is 19.0 Å². The highest BCUT2D eigenvalue weighted by atomic mass is 14.9. The van der Waals surface area contributed by atoms with Gasteiger partial charge in [0, 0.05) is 18.8 Å². The number of hydrogen-bond acceptors (Lipinski definition) is 2. The molecule has 1 aromatic carbocycles. The summed E-state index contributed by atoms with van der Waals surface area (Å²) < 4.78 is 0. The van der Waals surface area contributed by atoms with Crippen molar-refractivity contribution >= 4 is 5.69 Å². The molecule has 1 heterocycles. The van der Waals surface area contributed by atoms with Gasteiger partial charge in [0.2, 0.25) is 0 Å². The van der Waals surface area contributed by atoms with Crippen molar-refractivity contribution in [2.75, 3.05) is 25.0 Å². The average molecular weight is 190 g/mol. The Balaban J connectivity index is 2.05. The highest BCUT2D eigenvalue weighted by Crippen LogP contribution is 2.23. The zero-order valence-corrected chi connectivity index (χ0v) is 8.72. The first-order chi connectivity index (χ1) is 6.90. The molecule has 0 radical (unpaired) electrons. The predicted molar refractivity (Wildman–Crippen MR) is 60.8 cm³/mol. The van der Waals surface area contributed by atoms with Crippen LogP contribution >= 0.6 is 0 Å². The Hall–Kier alpha value is -1.02. The molecule has 0 amide bonds. The third-order valence-electron chi connectivity index (χ3n) is 2.82. The second-order valence-corrected chi connectivity index (χ2v) is 3.84. The number of rotatable bonds is 3. The Bertz CT molecular complexity index is 273. The summed E-state index contributed by atoms with van der Waals surface area (Å²) in [7, 11) is 0. The fourth-order valence-corrected chi connectivity index (χ4v) is 2.02. The summed E-state index contributed by atoms with van der Waals surface area (Å²) in [6, 6.07) is 8.85. The van der Waals surface area contributed by atoms with E-state index in [1.54, 1.807) is 0 Å². The highest BCUT2D eigenvalue weighted by molar-refractivity contribution is 5.45. The molecule has 1 unspecified atom stereocenters. The largest absolute Gasteiger partial charge is 0.385 e. The zero-order valence-electron chi connectivity index (χ0n) is 8.72. The van der Waals surface area contributed by atoms with Crippen LogP contribution in [0.4, 0.5) is 5.69 Å². The monoisotopic (exact) mass is 190 g/mol. The van der Waals surface area contributed by atoms with E-state index in [1.807, 2.05) is 0 Å². The van der Waals surface area contributed by atoms with E-state index in [0.29, 0.717) is 0 Å². The van der Waals surface area contributed by atoms with E-state index in [9.17, 15) is 0 Å². The van der Waals surface area contributed by atoms with Gasteiger partial charge in [-0.25, -0.2) is 0 Å². The molecule has 0 bridgehead atoms. The van der Waals surface area contributed by atoms with Crippen LogP contribution in [0, 0.1) is 0 Å². The lowest BCUT2D eigenvalue weighted by molar-refractivity contribution is 0.763. The lowest BCUT2D eigenvalue weighted by Crippen LogP contribution is -2.07. The van der Waals surface area contributed by atoms with Gasteiger partial charge in [-0.15, -0.1) is 0 Å². The van der Waals surface area contributed by atoms with Crippen LogP contribution in [0.3, 0.4) is 0 Å². The molecular weight excluding hydrogens is 172 g/mol. The first kappa shape index (κ1) is 9.53. The normalized spacial score (nSPS) is 21.1. The summed E-state index contributed by atoms with van der Waals surface area (Å²) in [5, 5.41) is 6.70. The maximum absolute atomic E-state index is 3.39. The average Bonchev–Trinajstić information content (AvgIpc) is 2.72. The lowest BCUT2D eigenvalue weighted by Gasteiger charge is -2.10. The van der Waals surface area contributed by atoms with Gasteiger partial charge in [0.05, 0.1) is 0 Å². The Morgan fingerprint density at radius 1 is 1.36 bits per heavy atom. The maximum Gasteiger partial charge on any atom is 0.0340 e. The molecular formula is C12H18N2. The molecule has 0 spiro atoms. The van der Waals surface area contributed by atoms with Crippen molar-refractivity contribution in [2.45, 2.75) is 19.3 Å². The van der Waals surface area contributed by atoms with Crippen LogP contribution < -0.4 is 10.6 Å². The van der Waals surface area contributed by atoms with E-state index in [-0.39, 0.29) is 0 Å². The molecule has 0 aliphatic carbocycles. The lowest BCUT2D eigenvalue weighted by atomic mass is 9.98. The molecule has 76 valence electrons. The van der Waals surface area contributed by atoms with Crippen LogP contribution in [-0.2, 0) is 0 Å². The Morgan fingerprint density at radius 3 is 2.71 bits per heavy atom. The quantitative estimate of drug-likeness (QED) is 0.763. The third-order valence-corrected chi connectivity index (χ3v) is 2.82. The summed E-state index contributed by atoms with van der Waals surface area (Å²) >= 11 is 0. The second-order valence-electron chi connectivity index (χ2n) is 3.84. The summed E-state index contributed by atoms with van der Waals surface area (Å²) in [4.78, 5) is 0. The number of hydrogen-bond donors (Lipinski definition) is 2.